The van der Waals surface area contributed by atoms with E-state index in [0.717, 1.165) is 11.4 Å². The van der Waals surface area contributed by atoms with Gasteiger partial charge in [-0.05, 0) is 25.0 Å². The molecule has 2 atom stereocenters. The number of aromatic nitrogens is 5. The molecule has 0 N–H and O–H groups in total. The Bertz CT molecular complexity index is 1100. The summed E-state index contributed by atoms with van der Waals surface area (Å²) in [7, 11) is 4.68. The Balaban J connectivity index is 1.84. The Hall–Kier alpha value is -3.49. The van der Waals surface area contributed by atoms with E-state index in [-0.39, 0.29) is 17.4 Å². The van der Waals surface area contributed by atoms with E-state index in [1.807, 2.05) is 12.1 Å². The van der Waals surface area contributed by atoms with Crippen molar-refractivity contribution in [1.82, 2.24) is 24.7 Å². The van der Waals surface area contributed by atoms with E-state index in [0.29, 0.717) is 35.3 Å². The van der Waals surface area contributed by atoms with Crippen LogP contribution >= 0.6 is 0 Å². The van der Waals surface area contributed by atoms with Crippen molar-refractivity contribution in [2.24, 2.45) is 13.0 Å². The first-order chi connectivity index (χ1) is 14.8. The molecule has 0 saturated carbocycles. The fraction of sp³-hybridized carbons (Fsp3) is 0.409. The van der Waals surface area contributed by atoms with Crippen LogP contribution in [0, 0.1) is 12.8 Å². The molecule has 3 heterocycles. The molecule has 9 nitrogen and oxygen atoms in total. The van der Waals surface area contributed by atoms with Crippen molar-refractivity contribution in [3.05, 3.63) is 52.5 Å². The molecule has 3 aromatic rings. The Kier molecular flexibility index (Phi) is 6.84. The van der Waals surface area contributed by atoms with E-state index in [2.05, 4.69) is 33.9 Å². The standard InChI is InChI=1S/C22H27N5O4/c1-13(14(2)19-8-7-16(29-5)10-24-19)12-31-21-18(11-23-15(3)25-21)17-9-20(28)27(4)26-22(17)30-6/h7-11,13-14H,12H2,1-6H3/t13-,14?/m1/s1. The van der Waals surface area contributed by atoms with Crippen molar-refractivity contribution in [2.75, 3.05) is 20.8 Å². The fourth-order valence-corrected chi connectivity index (χ4v) is 3.03. The number of aryl methyl sites for hydroxylation is 2. The summed E-state index contributed by atoms with van der Waals surface area (Å²) in [6, 6.07) is 5.30. The van der Waals surface area contributed by atoms with E-state index in [9.17, 15) is 4.79 Å². The molecule has 1 unspecified atom stereocenters. The third kappa shape index (κ3) is 4.99. The lowest BCUT2D eigenvalue weighted by atomic mass is 9.93. The van der Waals surface area contributed by atoms with Crippen LogP contribution in [0.15, 0.2) is 35.4 Å². The maximum absolute atomic E-state index is 12.2. The average Bonchev–Trinajstić information content (AvgIpc) is 2.78. The van der Waals surface area contributed by atoms with Gasteiger partial charge in [-0.15, -0.1) is 5.10 Å². The van der Waals surface area contributed by atoms with Crippen LogP contribution < -0.4 is 19.8 Å². The minimum Gasteiger partial charge on any atom is -0.495 e. The lowest BCUT2D eigenvalue weighted by Crippen LogP contribution is -2.20. The minimum absolute atomic E-state index is 0.146. The molecule has 0 aliphatic carbocycles. The van der Waals surface area contributed by atoms with Crippen molar-refractivity contribution >= 4 is 0 Å². The molecule has 0 amide bonds. The zero-order valence-corrected chi connectivity index (χ0v) is 18.6. The molecule has 0 aliphatic rings. The van der Waals surface area contributed by atoms with E-state index < -0.39 is 0 Å². The van der Waals surface area contributed by atoms with Gasteiger partial charge in [0.15, 0.2) is 0 Å². The number of ether oxygens (including phenoxy) is 3. The van der Waals surface area contributed by atoms with Crippen LogP contribution in [0.3, 0.4) is 0 Å². The van der Waals surface area contributed by atoms with Crippen LogP contribution in [0.1, 0.15) is 31.3 Å². The maximum atomic E-state index is 12.2. The van der Waals surface area contributed by atoms with Gasteiger partial charge in [-0.2, -0.15) is 4.98 Å². The topological polar surface area (TPSA) is 101 Å². The van der Waals surface area contributed by atoms with Crippen LogP contribution in [-0.4, -0.2) is 45.6 Å². The number of nitrogens with zero attached hydrogens (tertiary/aromatic N) is 5. The van der Waals surface area contributed by atoms with Gasteiger partial charge in [-0.3, -0.25) is 9.78 Å². The molecule has 0 spiro atoms. The number of pyridine rings is 1. The van der Waals surface area contributed by atoms with Gasteiger partial charge < -0.3 is 14.2 Å². The van der Waals surface area contributed by atoms with Crippen LogP contribution in [-0.2, 0) is 7.05 Å². The van der Waals surface area contributed by atoms with Gasteiger partial charge in [0.25, 0.3) is 5.56 Å². The van der Waals surface area contributed by atoms with Crippen LogP contribution in [0.2, 0.25) is 0 Å². The molecule has 0 aliphatic heterocycles. The van der Waals surface area contributed by atoms with Crippen molar-refractivity contribution in [3.8, 4) is 28.6 Å². The first-order valence-electron chi connectivity index (χ1n) is 9.93. The summed E-state index contributed by atoms with van der Waals surface area (Å²) in [5.74, 6) is 2.25. The third-order valence-corrected chi connectivity index (χ3v) is 5.21. The molecule has 0 aromatic carbocycles. The molecule has 3 rings (SSSR count). The average molecular weight is 425 g/mol. The number of rotatable bonds is 8. The first kappa shape index (κ1) is 22.2. The molecule has 31 heavy (non-hydrogen) atoms. The SMILES string of the molecule is COc1ccc(C(C)[C@H](C)COc2nc(C)ncc2-c2cc(=O)n(C)nc2OC)nc1. The zero-order chi connectivity index (χ0) is 22.5. The van der Waals surface area contributed by atoms with E-state index in [4.69, 9.17) is 14.2 Å². The highest BCUT2D eigenvalue weighted by atomic mass is 16.5. The Morgan fingerprint density at radius 1 is 1.03 bits per heavy atom. The smallest absolute Gasteiger partial charge is 0.267 e. The zero-order valence-electron chi connectivity index (χ0n) is 18.6. The lowest BCUT2D eigenvalue weighted by Gasteiger charge is -2.21. The summed E-state index contributed by atoms with van der Waals surface area (Å²) in [6.45, 7) is 6.37. The number of hydrogen-bond acceptors (Lipinski definition) is 8. The quantitative estimate of drug-likeness (QED) is 0.543. The van der Waals surface area contributed by atoms with Crippen LogP contribution in [0.4, 0.5) is 0 Å². The van der Waals surface area contributed by atoms with Crippen LogP contribution in [0.25, 0.3) is 11.1 Å². The predicted octanol–water partition coefficient (Wildman–Crippen LogP) is 2.78. The minimum atomic E-state index is -0.269. The summed E-state index contributed by atoms with van der Waals surface area (Å²) in [6.07, 6.45) is 3.33. The van der Waals surface area contributed by atoms with Gasteiger partial charge >= 0.3 is 0 Å². The number of methoxy groups -OCH3 is 2. The largest absolute Gasteiger partial charge is 0.495 e. The van der Waals surface area contributed by atoms with Crippen molar-refractivity contribution in [2.45, 2.75) is 26.7 Å². The van der Waals surface area contributed by atoms with E-state index >= 15 is 0 Å². The third-order valence-electron chi connectivity index (χ3n) is 5.21. The van der Waals surface area contributed by atoms with Crippen molar-refractivity contribution in [3.63, 3.8) is 0 Å². The van der Waals surface area contributed by atoms with Gasteiger partial charge in [0, 0.05) is 30.9 Å². The van der Waals surface area contributed by atoms with Crippen molar-refractivity contribution in [1.29, 1.82) is 0 Å². The highest BCUT2D eigenvalue weighted by molar-refractivity contribution is 5.71. The second-order valence-electron chi connectivity index (χ2n) is 7.37. The second kappa shape index (κ2) is 9.55. The van der Waals surface area contributed by atoms with Gasteiger partial charge in [0.2, 0.25) is 11.8 Å². The van der Waals surface area contributed by atoms with Gasteiger partial charge in [0.05, 0.1) is 38.2 Å². The van der Waals surface area contributed by atoms with Crippen molar-refractivity contribution < 1.29 is 14.2 Å². The lowest BCUT2D eigenvalue weighted by molar-refractivity contribution is 0.232. The molecular weight excluding hydrogens is 398 g/mol. The highest BCUT2D eigenvalue weighted by Gasteiger charge is 2.20. The molecule has 0 saturated heterocycles. The summed E-state index contributed by atoms with van der Waals surface area (Å²) in [5.41, 5.74) is 1.72. The monoisotopic (exact) mass is 425 g/mol. The summed E-state index contributed by atoms with van der Waals surface area (Å²) >= 11 is 0. The summed E-state index contributed by atoms with van der Waals surface area (Å²) in [4.78, 5) is 25.4. The highest BCUT2D eigenvalue weighted by Crippen LogP contribution is 2.33. The van der Waals surface area contributed by atoms with Gasteiger partial charge in [-0.25, -0.2) is 9.67 Å². The molecule has 9 heteroatoms. The first-order valence-corrected chi connectivity index (χ1v) is 9.93. The Labute approximate surface area is 181 Å². The molecule has 0 radical (unpaired) electrons. The molecular formula is C22H27N5O4. The summed E-state index contributed by atoms with van der Waals surface area (Å²) < 4.78 is 17.8. The Morgan fingerprint density at radius 2 is 1.81 bits per heavy atom. The predicted molar refractivity (Wildman–Crippen MR) is 116 cm³/mol. The van der Waals surface area contributed by atoms with Crippen LogP contribution in [0.5, 0.6) is 17.5 Å². The Morgan fingerprint density at radius 3 is 2.45 bits per heavy atom. The molecule has 0 fully saturated rings. The molecule has 0 bridgehead atoms. The number of hydrogen-bond donors (Lipinski definition) is 0. The molecule has 164 valence electrons. The second-order valence-corrected chi connectivity index (χ2v) is 7.37. The maximum Gasteiger partial charge on any atom is 0.267 e. The van der Waals surface area contributed by atoms with Gasteiger partial charge in [-0.1, -0.05) is 13.8 Å². The van der Waals surface area contributed by atoms with E-state index in [1.54, 1.807) is 33.5 Å². The fourth-order valence-electron chi connectivity index (χ4n) is 3.03. The summed E-state index contributed by atoms with van der Waals surface area (Å²) in [5, 5.41) is 4.16. The normalized spacial score (nSPS) is 12.8. The van der Waals surface area contributed by atoms with E-state index in [1.165, 1.54) is 17.9 Å². The molecule has 3 aromatic heterocycles. The van der Waals surface area contributed by atoms with Gasteiger partial charge in [0.1, 0.15) is 11.6 Å².